The van der Waals surface area contributed by atoms with E-state index in [-0.39, 0.29) is 11.9 Å². The maximum Gasteiger partial charge on any atom is 0.321 e. The lowest BCUT2D eigenvalue weighted by Crippen LogP contribution is -2.45. The molecular formula is C14H22N4O4S. The van der Waals surface area contributed by atoms with E-state index in [1.807, 2.05) is 0 Å². The molecule has 1 saturated heterocycles. The number of methoxy groups -OCH3 is 1. The first-order valence-electron chi connectivity index (χ1n) is 7.38. The molecule has 0 unspecified atom stereocenters. The third kappa shape index (κ3) is 5.68. The van der Waals surface area contributed by atoms with Crippen molar-refractivity contribution in [3.63, 3.8) is 0 Å². The summed E-state index contributed by atoms with van der Waals surface area (Å²) in [5.74, 6) is 0.603. The molecule has 1 aromatic heterocycles. The summed E-state index contributed by atoms with van der Waals surface area (Å²) in [6, 6.07) is 3.18. The van der Waals surface area contributed by atoms with Crippen LogP contribution in [-0.4, -0.2) is 57.3 Å². The predicted molar refractivity (Wildman–Crippen MR) is 87.0 cm³/mol. The Balaban J connectivity index is 1.88. The van der Waals surface area contributed by atoms with Crippen LogP contribution in [-0.2, 0) is 10.0 Å². The maximum absolute atomic E-state index is 12.3. The fraction of sp³-hybridized carbons (Fsp3) is 0.571. The first-order valence-corrected chi connectivity index (χ1v) is 9.27. The van der Waals surface area contributed by atoms with Crippen LogP contribution in [0.5, 0.6) is 5.88 Å². The van der Waals surface area contributed by atoms with Crippen molar-refractivity contribution in [2.75, 3.05) is 38.3 Å². The highest BCUT2D eigenvalue weighted by atomic mass is 32.2. The lowest BCUT2D eigenvalue weighted by atomic mass is 9.99. The number of piperidine rings is 1. The molecule has 23 heavy (non-hydrogen) atoms. The molecule has 0 aliphatic carbocycles. The molecule has 1 fully saturated rings. The van der Waals surface area contributed by atoms with Crippen LogP contribution in [0.4, 0.5) is 10.5 Å². The van der Waals surface area contributed by atoms with Gasteiger partial charge in [-0.05, 0) is 24.8 Å². The van der Waals surface area contributed by atoms with Gasteiger partial charge in [0.25, 0.3) is 0 Å². The average molecular weight is 342 g/mol. The van der Waals surface area contributed by atoms with Crippen LogP contribution in [0.1, 0.15) is 12.8 Å². The molecule has 0 spiro atoms. The Morgan fingerprint density at radius 1 is 1.48 bits per heavy atom. The molecule has 0 aromatic carbocycles. The number of hydrogen-bond acceptors (Lipinski definition) is 5. The molecule has 0 saturated carbocycles. The Labute approximate surface area is 136 Å². The molecule has 2 amide bonds. The number of aromatic nitrogens is 1. The zero-order valence-corrected chi connectivity index (χ0v) is 14.1. The van der Waals surface area contributed by atoms with E-state index in [0.29, 0.717) is 31.2 Å². The largest absolute Gasteiger partial charge is 0.481 e. The number of hydrogen-bond donors (Lipinski definition) is 2. The number of urea groups is 1. The molecule has 0 radical (unpaired) electrons. The van der Waals surface area contributed by atoms with Crippen LogP contribution in [0.15, 0.2) is 18.3 Å². The van der Waals surface area contributed by atoms with Crippen LogP contribution in [0.25, 0.3) is 0 Å². The van der Waals surface area contributed by atoms with Crippen LogP contribution < -0.4 is 14.8 Å². The predicted octanol–water partition coefficient (Wildman–Crippen LogP) is 0.883. The smallest absolute Gasteiger partial charge is 0.321 e. The Kier molecular flexibility index (Phi) is 5.78. The highest BCUT2D eigenvalue weighted by Crippen LogP contribution is 2.18. The molecule has 1 aliphatic heterocycles. The summed E-state index contributed by atoms with van der Waals surface area (Å²) in [6.07, 6.45) is 4.42. The lowest BCUT2D eigenvalue weighted by Gasteiger charge is -2.32. The van der Waals surface area contributed by atoms with E-state index < -0.39 is 10.0 Å². The number of rotatable bonds is 5. The van der Waals surface area contributed by atoms with Gasteiger partial charge >= 0.3 is 6.03 Å². The van der Waals surface area contributed by atoms with E-state index >= 15 is 0 Å². The second-order valence-electron chi connectivity index (χ2n) is 5.59. The minimum atomic E-state index is -3.21. The molecule has 9 heteroatoms. The fourth-order valence-electron chi connectivity index (χ4n) is 2.46. The number of ether oxygens (including phenoxy) is 1. The normalized spacial score (nSPS) is 18.5. The van der Waals surface area contributed by atoms with E-state index in [2.05, 4.69) is 15.0 Å². The summed E-state index contributed by atoms with van der Waals surface area (Å²) in [6.45, 7) is 1.54. The van der Waals surface area contributed by atoms with E-state index in [1.54, 1.807) is 17.0 Å². The second kappa shape index (κ2) is 7.60. The van der Waals surface area contributed by atoms with E-state index in [1.165, 1.54) is 13.3 Å². The molecule has 128 valence electrons. The zero-order chi connectivity index (χ0) is 16.9. The molecule has 1 atom stereocenters. The monoisotopic (exact) mass is 342 g/mol. The van der Waals surface area contributed by atoms with Crippen molar-refractivity contribution in [3.8, 4) is 5.88 Å². The number of pyridine rings is 1. The lowest BCUT2D eigenvalue weighted by molar-refractivity contribution is 0.178. The van der Waals surface area contributed by atoms with Crippen molar-refractivity contribution in [2.45, 2.75) is 12.8 Å². The summed E-state index contributed by atoms with van der Waals surface area (Å²) < 4.78 is 29.8. The van der Waals surface area contributed by atoms with Crippen molar-refractivity contribution in [1.82, 2.24) is 14.6 Å². The summed E-state index contributed by atoms with van der Waals surface area (Å²) in [5, 5.41) is 2.79. The van der Waals surface area contributed by atoms with Crippen LogP contribution in [0.3, 0.4) is 0 Å². The van der Waals surface area contributed by atoms with Gasteiger partial charge in [0.05, 0.1) is 25.2 Å². The summed E-state index contributed by atoms with van der Waals surface area (Å²) in [7, 11) is -1.68. The van der Waals surface area contributed by atoms with Gasteiger partial charge in [-0.3, -0.25) is 0 Å². The van der Waals surface area contributed by atoms with Crippen LogP contribution in [0.2, 0.25) is 0 Å². The van der Waals surface area contributed by atoms with Crippen molar-refractivity contribution >= 4 is 21.7 Å². The Hall–Kier alpha value is -1.87. The number of sulfonamides is 1. The molecule has 2 heterocycles. The average Bonchev–Trinajstić information content (AvgIpc) is 2.53. The molecule has 2 N–H and O–H groups in total. The Morgan fingerprint density at radius 3 is 2.87 bits per heavy atom. The maximum atomic E-state index is 12.3. The minimum Gasteiger partial charge on any atom is -0.481 e. The molecule has 1 aliphatic rings. The first kappa shape index (κ1) is 17.5. The van der Waals surface area contributed by atoms with Gasteiger partial charge in [0.2, 0.25) is 15.9 Å². The van der Waals surface area contributed by atoms with Gasteiger partial charge in [0.1, 0.15) is 0 Å². The summed E-state index contributed by atoms with van der Waals surface area (Å²) in [5.41, 5.74) is 0.590. The first-order chi connectivity index (χ1) is 10.9. The zero-order valence-electron chi connectivity index (χ0n) is 13.3. The number of carbonyl (C=O) groups is 1. The quantitative estimate of drug-likeness (QED) is 0.827. The van der Waals surface area contributed by atoms with E-state index in [0.717, 1.165) is 19.1 Å². The van der Waals surface area contributed by atoms with Crippen LogP contribution in [0, 0.1) is 5.92 Å². The standard InChI is InChI=1S/C14H22N4O4S/c1-22-13-6-5-12(9-15-13)17-14(19)18-7-3-4-11(10-18)8-16-23(2,20)21/h5-6,9,11,16H,3-4,7-8,10H2,1-2H3,(H,17,19)/t11-/m0/s1. The topological polar surface area (TPSA) is 101 Å². The highest BCUT2D eigenvalue weighted by molar-refractivity contribution is 7.88. The Bertz CT molecular complexity index is 633. The molecule has 8 nitrogen and oxygen atoms in total. The van der Waals surface area contributed by atoms with Gasteiger partial charge in [-0.15, -0.1) is 0 Å². The number of likely N-dealkylation sites (tertiary alicyclic amines) is 1. The van der Waals surface area contributed by atoms with Crippen molar-refractivity contribution in [3.05, 3.63) is 18.3 Å². The molecule has 1 aromatic rings. The highest BCUT2D eigenvalue weighted by Gasteiger charge is 2.24. The van der Waals surface area contributed by atoms with Crippen molar-refractivity contribution in [1.29, 1.82) is 0 Å². The van der Waals surface area contributed by atoms with Gasteiger partial charge in [-0.1, -0.05) is 0 Å². The number of amides is 2. The number of nitrogens with zero attached hydrogens (tertiary/aromatic N) is 2. The van der Waals surface area contributed by atoms with Gasteiger partial charge in [-0.2, -0.15) is 0 Å². The fourth-order valence-corrected chi connectivity index (χ4v) is 3.00. The van der Waals surface area contributed by atoms with Crippen molar-refractivity contribution in [2.24, 2.45) is 5.92 Å². The van der Waals surface area contributed by atoms with E-state index in [4.69, 9.17) is 4.74 Å². The van der Waals surface area contributed by atoms with Gasteiger partial charge in [0.15, 0.2) is 0 Å². The molecule has 0 bridgehead atoms. The molecular weight excluding hydrogens is 320 g/mol. The van der Waals surface area contributed by atoms with Crippen LogP contribution >= 0.6 is 0 Å². The van der Waals surface area contributed by atoms with Crippen molar-refractivity contribution < 1.29 is 17.9 Å². The second-order valence-corrected chi connectivity index (χ2v) is 7.43. The van der Waals surface area contributed by atoms with Gasteiger partial charge in [0, 0.05) is 25.7 Å². The Morgan fingerprint density at radius 2 is 2.26 bits per heavy atom. The summed E-state index contributed by atoms with van der Waals surface area (Å²) in [4.78, 5) is 18.0. The third-order valence-corrected chi connectivity index (χ3v) is 4.33. The number of carbonyl (C=O) groups excluding carboxylic acids is 1. The number of nitrogens with one attached hydrogen (secondary N) is 2. The minimum absolute atomic E-state index is 0.123. The third-order valence-electron chi connectivity index (χ3n) is 3.64. The molecule has 2 rings (SSSR count). The van der Waals surface area contributed by atoms with Gasteiger partial charge < -0.3 is 15.0 Å². The SMILES string of the molecule is COc1ccc(NC(=O)N2CCC[C@@H](CNS(C)(=O)=O)C2)cn1. The van der Waals surface area contributed by atoms with E-state index in [9.17, 15) is 13.2 Å². The number of anilines is 1. The summed E-state index contributed by atoms with van der Waals surface area (Å²) >= 11 is 0. The van der Waals surface area contributed by atoms with Gasteiger partial charge in [-0.25, -0.2) is 22.9 Å².